The summed E-state index contributed by atoms with van der Waals surface area (Å²) in [5.41, 5.74) is -0.230. The van der Waals surface area contributed by atoms with Gasteiger partial charge in [-0.3, -0.25) is 4.79 Å². The minimum atomic E-state index is -1.22. The first-order valence-electron chi connectivity index (χ1n) is 5.97. The van der Waals surface area contributed by atoms with Gasteiger partial charge in [-0.05, 0) is 23.7 Å². The van der Waals surface area contributed by atoms with Crippen molar-refractivity contribution in [1.82, 2.24) is 0 Å². The van der Waals surface area contributed by atoms with Crippen molar-refractivity contribution in [2.75, 3.05) is 21.3 Å². The van der Waals surface area contributed by atoms with Gasteiger partial charge in [0, 0.05) is 5.56 Å². The lowest BCUT2D eigenvalue weighted by Gasteiger charge is -2.14. The molecular weight excluding hydrogens is 352 g/mol. The maximum Gasteiger partial charge on any atom is 0.513 e. The first-order valence-corrected chi connectivity index (χ1v) is 6.35. The van der Waals surface area contributed by atoms with Gasteiger partial charge in [0.15, 0.2) is 11.5 Å². The summed E-state index contributed by atoms with van der Waals surface area (Å²) in [6, 6.07) is 1.93. The van der Waals surface area contributed by atoms with Gasteiger partial charge >= 0.3 is 18.5 Å². The highest BCUT2D eigenvalue weighted by Crippen LogP contribution is 2.40. The summed E-state index contributed by atoms with van der Waals surface area (Å²) in [6.07, 6.45) is -3.62. The van der Waals surface area contributed by atoms with Crippen LogP contribution in [0.5, 0.6) is 17.2 Å². The van der Waals surface area contributed by atoms with Crippen LogP contribution in [0.3, 0.4) is 0 Å². The molecule has 10 nitrogen and oxygen atoms in total. The van der Waals surface area contributed by atoms with E-state index in [-0.39, 0.29) is 5.56 Å². The lowest BCUT2D eigenvalue weighted by atomic mass is 10.2. The monoisotopic (exact) mass is 362 g/mol. The molecule has 0 aliphatic rings. The maximum absolute atomic E-state index is 11.3. The smallest absolute Gasteiger partial charge is 0.437 e. The predicted octanol–water partition coefficient (Wildman–Crippen LogP) is 2.50. The van der Waals surface area contributed by atoms with Crippen LogP contribution >= 0.6 is 11.6 Å². The van der Waals surface area contributed by atoms with Crippen LogP contribution in [0.15, 0.2) is 12.1 Å². The molecule has 130 valence electrons. The van der Waals surface area contributed by atoms with E-state index in [1.165, 1.54) is 0 Å². The summed E-state index contributed by atoms with van der Waals surface area (Å²) in [7, 11) is 3.05. The first-order chi connectivity index (χ1) is 11.3. The quantitative estimate of drug-likeness (QED) is 0.341. The summed E-state index contributed by atoms with van der Waals surface area (Å²) >= 11 is 5.36. The summed E-state index contributed by atoms with van der Waals surface area (Å²) in [5.74, 6) is -1.52. The Bertz CT molecular complexity index is 630. The zero-order chi connectivity index (χ0) is 18.3. The molecule has 0 aliphatic heterocycles. The van der Waals surface area contributed by atoms with Gasteiger partial charge in [-0.2, -0.15) is 0 Å². The van der Waals surface area contributed by atoms with Crippen molar-refractivity contribution in [3.8, 4) is 17.2 Å². The normalized spacial score (nSPS) is 9.50. The standard InChI is InChI=1S/C13H11ClO10/c1-19-11(16)22-7-4-6(10(14)15)5-8(23-12(17)20-2)9(7)24-13(18)21-3/h4-5H,1-3H3. The molecule has 0 radical (unpaired) electrons. The Morgan fingerprint density at radius 3 is 1.46 bits per heavy atom. The van der Waals surface area contributed by atoms with E-state index >= 15 is 0 Å². The second-order valence-corrected chi connectivity index (χ2v) is 4.09. The molecule has 0 N–H and O–H groups in total. The van der Waals surface area contributed by atoms with Crippen molar-refractivity contribution in [3.05, 3.63) is 17.7 Å². The summed E-state index contributed by atoms with van der Waals surface area (Å²) in [5, 5.41) is -0.968. The highest BCUT2D eigenvalue weighted by Gasteiger charge is 2.24. The van der Waals surface area contributed by atoms with Crippen molar-refractivity contribution in [2.24, 2.45) is 0 Å². The van der Waals surface area contributed by atoms with Gasteiger partial charge in [0.2, 0.25) is 5.75 Å². The Balaban J connectivity index is 3.48. The van der Waals surface area contributed by atoms with E-state index in [2.05, 4.69) is 14.2 Å². The second kappa shape index (κ2) is 8.58. The number of ether oxygens (including phenoxy) is 6. The van der Waals surface area contributed by atoms with Crippen molar-refractivity contribution in [2.45, 2.75) is 0 Å². The average Bonchev–Trinajstić information content (AvgIpc) is 2.56. The Morgan fingerprint density at radius 1 is 0.750 bits per heavy atom. The molecule has 0 aromatic heterocycles. The van der Waals surface area contributed by atoms with Gasteiger partial charge in [0.1, 0.15) is 0 Å². The highest BCUT2D eigenvalue weighted by atomic mass is 35.5. The van der Waals surface area contributed by atoms with Gasteiger partial charge < -0.3 is 28.4 Å². The van der Waals surface area contributed by atoms with Crippen molar-refractivity contribution < 1.29 is 47.6 Å². The lowest BCUT2D eigenvalue weighted by molar-refractivity contribution is 0.104. The van der Waals surface area contributed by atoms with Crippen LogP contribution < -0.4 is 14.2 Å². The van der Waals surface area contributed by atoms with E-state index in [1.807, 2.05) is 0 Å². The largest absolute Gasteiger partial charge is 0.513 e. The summed E-state index contributed by atoms with van der Waals surface area (Å²) < 4.78 is 27.2. The number of hydrogen-bond donors (Lipinski definition) is 0. The molecule has 0 unspecified atom stereocenters. The second-order valence-electron chi connectivity index (χ2n) is 3.74. The molecular formula is C13H11ClO10. The number of halogens is 1. The van der Waals surface area contributed by atoms with E-state index in [0.29, 0.717) is 0 Å². The molecule has 0 aliphatic carbocycles. The number of rotatable bonds is 4. The third-order valence-corrected chi connectivity index (χ3v) is 2.54. The summed E-state index contributed by atoms with van der Waals surface area (Å²) in [4.78, 5) is 45.3. The maximum atomic E-state index is 11.3. The van der Waals surface area contributed by atoms with Crippen LogP contribution in [-0.4, -0.2) is 45.0 Å². The minimum Gasteiger partial charge on any atom is -0.437 e. The third-order valence-electron chi connectivity index (χ3n) is 2.32. The molecule has 24 heavy (non-hydrogen) atoms. The third kappa shape index (κ3) is 5.02. The van der Waals surface area contributed by atoms with E-state index in [1.54, 1.807) is 0 Å². The number of hydrogen-bond acceptors (Lipinski definition) is 10. The van der Waals surface area contributed by atoms with Crippen molar-refractivity contribution >= 4 is 35.3 Å². The average molecular weight is 363 g/mol. The molecule has 0 spiro atoms. The van der Waals surface area contributed by atoms with Gasteiger partial charge in [-0.1, -0.05) is 0 Å². The molecule has 11 heteroatoms. The van der Waals surface area contributed by atoms with Crippen LogP contribution in [0.4, 0.5) is 14.4 Å². The predicted molar refractivity (Wildman–Crippen MR) is 75.7 cm³/mol. The molecule has 1 aromatic carbocycles. The Morgan fingerprint density at radius 2 is 1.12 bits per heavy atom. The fourth-order valence-corrected chi connectivity index (χ4v) is 1.44. The number of benzene rings is 1. The molecule has 1 rings (SSSR count). The molecule has 0 saturated carbocycles. The fraction of sp³-hybridized carbons (Fsp3) is 0.231. The first kappa shape index (κ1) is 19.0. The molecule has 0 saturated heterocycles. The number of methoxy groups -OCH3 is 3. The lowest BCUT2D eigenvalue weighted by Crippen LogP contribution is -2.15. The number of carbonyl (C=O) groups is 4. The van der Waals surface area contributed by atoms with E-state index in [9.17, 15) is 19.2 Å². The zero-order valence-corrected chi connectivity index (χ0v) is 13.4. The van der Waals surface area contributed by atoms with E-state index in [0.717, 1.165) is 33.5 Å². The fourth-order valence-electron chi connectivity index (χ4n) is 1.33. The van der Waals surface area contributed by atoms with Crippen molar-refractivity contribution in [1.29, 1.82) is 0 Å². The van der Waals surface area contributed by atoms with Gasteiger partial charge in [-0.15, -0.1) is 0 Å². The zero-order valence-electron chi connectivity index (χ0n) is 12.6. The molecule has 0 amide bonds. The topological polar surface area (TPSA) is 124 Å². The van der Waals surface area contributed by atoms with Gasteiger partial charge in [0.25, 0.3) is 5.24 Å². The molecule has 0 heterocycles. The Hall–Kier alpha value is -3.01. The molecule has 1 aromatic rings. The van der Waals surface area contributed by atoms with Crippen LogP contribution in [0.2, 0.25) is 0 Å². The SMILES string of the molecule is COC(=O)Oc1cc(C(=O)Cl)cc(OC(=O)OC)c1OC(=O)OC. The van der Waals surface area contributed by atoms with E-state index < -0.39 is 41.0 Å². The highest BCUT2D eigenvalue weighted by molar-refractivity contribution is 6.67. The summed E-state index contributed by atoms with van der Waals surface area (Å²) in [6.45, 7) is 0. The Labute approximate surface area is 140 Å². The van der Waals surface area contributed by atoms with Crippen LogP contribution in [-0.2, 0) is 14.2 Å². The molecule has 0 atom stereocenters. The van der Waals surface area contributed by atoms with Crippen LogP contribution in [0.25, 0.3) is 0 Å². The van der Waals surface area contributed by atoms with Crippen LogP contribution in [0, 0.1) is 0 Å². The number of carbonyl (C=O) groups excluding carboxylic acids is 4. The van der Waals surface area contributed by atoms with Gasteiger partial charge in [-0.25, -0.2) is 14.4 Å². The molecule has 0 fully saturated rings. The van der Waals surface area contributed by atoms with Gasteiger partial charge in [0.05, 0.1) is 21.3 Å². The Kier molecular flexibility index (Phi) is 6.80. The van der Waals surface area contributed by atoms with Crippen LogP contribution in [0.1, 0.15) is 10.4 Å². The minimum absolute atomic E-state index is 0.230. The van der Waals surface area contributed by atoms with E-state index in [4.69, 9.17) is 25.8 Å². The molecule has 0 bridgehead atoms. The van der Waals surface area contributed by atoms with Crippen molar-refractivity contribution in [3.63, 3.8) is 0 Å².